The average Bonchev–Trinajstić information content (AvgIpc) is 3.23. The van der Waals surface area contributed by atoms with Gasteiger partial charge in [0.25, 0.3) is 5.91 Å². The molecule has 0 spiro atoms. The van der Waals surface area contributed by atoms with Crippen LogP contribution in [0, 0.1) is 6.92 Å². The van der Waals surface area contributed by atoms with Gasteiger partial charge in [-0.2, -0.15) is 10.2 Å². The SMILES string of the molecule is CC(=O)C(N=Nc1ccc(-c2nc3ccc(C)c(S(=O)(=O)[O-])c3s2)cc1)C(=O)Nc1ccccc1. The molecule has 1 amide bonds. The monoisotopic (exact) mass is 507 g/mol. The second kappa shape index (κ2) is 9.82. The van der Waals surface area contributed by atoms with Gasteiger partial charge in [0, 0.05) is 11.3 Å². The van der Waals surface area contributed by atoms with Crippen LogP contribution in [0.3, 0.4) is 0 Å². The van der Waals surface area contributed by atoms with Gasteiger partial charge in [0.1, 0.15) is 15.1 Å². The Kier molecular flexibility index (Phi) is 6.83. The summed E-state index contributed by atoms with van der Waals surface area (Å²) >= 11 is 1.11. The van der Waals surface area contributed by atoms with Crippen LogP contribution in [-0.2, 0) is 19.7 Å². The van der Waals surface area contributed by atoms with E-state index in [4.69, 9.17) is 0 Å². The van der Waals surface area contributed by atoms with Crippen LogP contribution in [0.25, 0.3) is 20.8 Å². The fraction of sp³-hybridized carbons (Fsp3) is 0.125. The number of thiazole rings is 1. The molecule has 0 aliphatic carbocycles. The van der Waals surface area contributed by atoms with E-state index in [0.717, 1.165) is 11.3 Å². The van der Waals surface area contributed by atoms with Crippen LogP contribution in [0.1, 0.15) is 12.5 Å². The molecule has 0 bridgehead atoms. The van der Waals surface area contributed by atoms with Crippen LogP contribution in [0.15, 0.2) is 81.9 Å². The van der Waals surface area contributed by atoms with Gasteiger partial charge in [-0.25, -0.2) is 13.4 Å². The minimum Gasteiger partial charge on any atom is -0.744 e. The van der Waals surface area contributed by atoms with E-state index < -0.39 is 27.9 Å². The zero-order valence-electron chi connectivity index (χ0n) is 18.6. The van der Waals surface area contributed by atoms with E-state index in [1.165, 1.54) is 6.92 Å². The van der Waals surface area contributed by atoms with Gasteiger partial charge >= 0.3 is 0 Å². The fourth-order valence-corrected chi connectivity index (χ4v) is 5.63. The quantitative estimate of drug-likeness (QED) is 0.215. The summed E-state index contributed by atoms with van der Waals surface area (Å²) in [5.41, 5.74) is 2.42. The summed E-state index contributed by atoms with van der Waals surface area (Å²) in [6.07, 6.45) is 0. The van der Waals surface area contributed by atoms with Crippen molar-refractivity contribution in [3.63, 3.8) is 0 Å². The molecule has 0 saturated carbocycles. The summed E-state index contributed by atoms with van der Waals surface area (Å²) in [5, 5.41) is 11.1. The van der Waals surface area contributed by atoms with Gasteiger partial charge in [-0.3, -0.25) is 9.59 Å². The number of aromatic nitrogens is 1. The van der Waals surface area contributed by atoms with Crippen LogP contribution in [0.5, 0.6) is 0 Å². The third-order valence-electron chi connectivity index (χ3n) is 5.04. The molecule has 0 saturated heterocycles. The van der Waals surface area contributed by atoms with Crippen LogP contribution in [-0.4, -0.2) is 35.7 Å². The minimum atomic E-state index is -4.65. The van der Waals surface area contributed by atoms with Gasteiger partial charge in [0.05, 0.1) is 20.8 Å². The summed E-state index contributed by atoms with van der Waals surface area (Å²) < 4.78 is 35.5. The third kappa shape index (κ3) is 5.48. The first-order valence-corrected chi connectivity index (χ1v) is 12.6. The molecule has 0 radical (unpaired) electrons. The van der Waals surface area contributed by atoms with Gasteiger partial charge in [0.15, 0.2) is 5.78 Å². The van der Waals surface area contributed by atoms with Crippen LogP contribution in [0.4, 0.5) is 11.4 Å². The van der Waals surface area contributed by atoms with Gasteiger partial charge in [-0.15, -0.1) is 11.3 Å². The molecule has 1 aromatic heterocycles. The summed E-state index contributed by atoms with van der Waals surface area (Å²) in [5.74, 6) is -1.04. The van der Waals surface area contributed by atoms with Crippen molar-refractivity contribution in [2.45, 2.75) is 24.8 Å². The number of benzene rings is 3. The number of fused-ring (bicyclic) bond motifs is 1. The summed E-state index contributed by atoms with van der Waals surface area (Å²) in [6, 6.07) is 17.3. The number of carbonyl (C=O) groups excluding carboxylic acids is 2. The van der Waals surface area contributed by atoms with Crippen LogP contribution < -0.4 is 5.32 Å². The molecule has 1 unspecified atom stereocenters. The largest absolute Gasteiger partial charge is 0.744 e. The molecule has 1 N–H and O–H groups in total. The van der Waals surface area contributed by atoms with E-state index in [1.54, 1.807) is 67.6 Å². The summed E-state index contributed by atoms with van der Waals surface area (Å²) in [4.78, 5) is 28.6. The Labute approximate surface area is 205 Å². The van der Waals surface area contributed by atoms with Crippen molar-refractivity contribution >= 4 is 54.7 Å². The second-order valence-corrected chi connectivity index (χ2v) is 9.98. The lowest BCUT2D eigenvalue weighted by molar-refractivity contribution is -0.126. The van der Waals surface area contributed by atoms with Crippen molar-refractivity contribution in [2.24, 2.45) is 10.2 Å². The van der Waals surface area contributed by atoms with Crippen LogP contribution in [0.2, 0.25) is 0 Å². The highest BCUT2D eigenvalue weighted by Crippen LogP contribution is 2.36. The predicted molar refractivity (Wildman–Crippen MR) is 132 cm³/mol. The third-order valence-corrected chi connectivity index (χ3v) is 7.33. The Hall–Kier alpha value is -3.80. The summed E-state index contributed by atoms with van der Waals surface area (Å²) in [6.45, 7) is 2.83. The highest BCUT2D eigenvalue weighted by atomic mass is 32.2. The summed E-state index contributed by atoms with van der Waals surface area (Å²) in [7, 11) is -4.65. The van der Waals surface area contributed by atoms with Crippen LogP contribution >= 0.6 is 11.3 Å². The topological polar surface area (TPSA) is 141 Å². The number of anilines is 1. The van der Waals surface area contributed by atoms with Gasteiger partial charge < -0.3 is 9.87 Å². The molecule has 0 aliphatic rings. The number of amides is 1. The lowest BCUT2D eigenvalue weighted by Gasteiger charge is -2.10. The number of ketones is 1. The Balaban J connectivity index is 1.56. The van der Waals surface area contributed by atoms with E-state index in [-0.39, 0.29) is 4.90 Å². The zero-order chi connectivity index (χ0) is 25.2. The number of hydrogen-bond donors (Lipinski definition) is 1. The van der Waals surface area contributed by atoms with Crippen molar-refractivity contribution in [1.29, 1.82) is 0 Å². The smallest absolute Gasteiger partial charge is 0.258 e. The maximum absolute atomic E-state index is 12.5. The van der Waals surface area contributed by atoms with E-state index in [0.29, 0.717) is 37.7 Å². The normalized spacial score (nSPS) is 12.7. The molecule has 4 rings (SSSR count). The second-order valence-electron chi connectivity index (χ2n) is 7.66. The number of para-hydroxylation sites is 1. The molecule has 11 heteroatoms. The molecule has 4 aromatic rings. The Morgan fingerprint density at radius 3 is 2.34 bits per heavy atom. The average molecular weight is 508 g/mol. The molecule has 0 aliphatic heterocycles. The Morgan fingerprint density at radius 1 is 1.03 bits per heavy atom. The first-order valence-electron chi connectivity index (χ1n) is 10.4. The molecular weight excluding hydrogens is 488 g/mol. The number of carbonyl (C=O) groups is 2. The highest BCUT2D eigenvalue weighted by Gasteiger charge is 2.23. The molecule has 0 fully saturated rings. The molecule has 1 heterocycles. The van der Waals surface area contributed by atoms with E-state index >= 15 is 0 Å². The Morgan fingerprint density at radius 2 is 1.71 bits per heavy atom. The zero-order valence-corrected chi connectivity index (χ0v) is 20.3. The number of Topliss-reactive ketones (excluding diaryl/α,β-unsaturated/α-hetero) is 1. The molecule has 178 valence electrons. The van der Waals surface area contributed by atoms with Gasteiger partial charge in [-0.05, 0) is 61.9 Å². The number of rotatable bonds is 7. The standard InChI is InChI=1S/C24H20N4O5S2/c1-14-8-13-19-21(22(14)35(31,32)33)34-24(26-19)16-9-11-18(12-10-16)27-28-20(15(2)29)23(30)25-17-6-4-3-5-7-17/h3-13,20H,1-2H3,(H,25,30)(H,31,32,33)/p-1. The number of nitrogens with one attached hydrogen (secondary N) is 1. The molecule has 35 heavy (non-hydrogen) atoms. The molecular formula is C24H19N4O5S2-. The van der Waals surface area contributed by atoms with E-state index in [1.807, 2.05) is 6.07 Å². The predicted octanol–water partition coefficient (Wildman–Crippen LogP) is 4.86. The van der Waals surface area contributed by atoms with E-state index in [2.05, 4.69) is 20.5 Å². The van der Waals surface area contributed by atoms with E-state index in [9.17, 15) is 22.6 Å². The first-order chi connectivity index (χ1) is 16.6. The first kappa shape index (κ1) is 24.3. The lowest BCUT2D eigenvalue weighted by atomic mass is 10.2. The van der Waals surface area contributed by atoms with Crippen molar-refractivity contribution < 1.29 is 22.6 Å². The number of azo groups is 1. The number of hydrogen-bond acceptors (Lipinski definition) is 9. The molecule has 1 atom stereocenters. The molecule has 9 nitrogen and oxygen atoms in total. The fourth-order valence-electron chi connectivity index (χ4n) is 3.35. The van der Waals surface area contributed by atoms with Crippen molar-refractivity contribution in [1.82, 2.24) is 4.98 Å². The van der Waals surface area contributed by atoms with Crippen molar-refractivity contribution in [3.8, 4) is 10.6 Å². The highest BCUT2D eigenvalue weighted by molar-refractivity contribution is 7.86. The number of nitrogens with zero attached hydrogens (tertiary/aromatic N) is 3. The van der Waals surface area contributed by atoms with Crippen molar-refractivity contribution in [3.05, 3.63) is 72.3 Å². The van der Waals surface area contributed by atoms with Gasteiger partial charge in [-0.1, -0.05) is 24.3 Å². The minimum absolute atomic E-state index is 0.256. The Bertz CT molecular complexity index is 1550. The maximum Gasteiger partial charge on any atom is 0.258 e. The van der Waals surface area contributed by atoms with Gasteiger partial charge in [0.2, 0.25) is 6.04 Å². The number of aryl methyl sites for hydroxylation is 1. The van der Waals surface area contributed by atoms with Crippen molar-refractivity contribution in [2.75, 3.05) is 5.32 Å². The maximum atomic E-state index is 12.5. The lowest BCUT2D eigenvalue weighted by Crippen LogP contribution is -2.31. The molecule has 3 aromatic carbocycles.